The zero-order valence-electron chi connectivity index (χ0n) is 21.5. The first-order chi connectivity index (χ1) is 17.3. The summed E-state index contributed by atoms with van der Waals surface area (Å²) in [6, 6.07) is 9.27. The molecule has 7 nitrogen and oxygen atoms in total. The molecule has 0 unspecified atom stereocenters. The summed E-state index contributed by atoms with van der Waals surface area (Å²) in [6.07, 6.45) is 8.35. The summed E-state index contributed by atoms with van der Waals surface area (Å²) in [4.78, 5) is 14.5. The Morgan fingerprint density at radius 3 is 2.22 bits per heavy atom. The van der Waals surface area contributed by atoms with Crippen molar-refractivity contribution in [3.05, 3.63) is 53.8 Å². The Kier molecular flexibility index (Phi) is 12.7. The Morgan fingerprint density at radius 1 is 0.917 bits per heavy atom. The molecule has 0 N–H and O–H groups in total. The van der Waals surface area contributed by atoms with Crippen molar-refractivity contribution in [2.45, 2.75) is 69.7 Å². The number of hydrogen-bond acceptors (Lipinski definition) is 6. The topological polar surface area (TPSA) is 82.1 Å². The lowest BCUT2D eigenvalue weighted by Crippen LogP contribution is -2.33. The molecule has 2 rings (SSSR count). The number of nitrogens with zero attached hydrogens (tertiary/aromatic N) is 1. The van der Waals surface area contributed by atoms with E-state index >= 15 is 0 Å². The largest absolute Gasteiger partial charge is 0.493 e. The van der Waals surface area contributed by atoms with Crippen molar-refractivity contribution in [2.24, 2.45) is 0 Å². The highest BCUT2D eigenvalue weighted by Gasteiger charge is 2.21. The van der Waals surface area contributed by atoms with Gasteiger partial charge in [0.05, 0.1) is 13.7 Å². The van der Waals surface area contributed by atoms with E-state index in [9.17, 15) is 17.6 Å². The fraction of sp³-hybridized carbons (Fsp3) is 0.519. The quantitative estimate of drug-likeness (QED) is 0.195. The third-order valence-corrected chi connectivity index (χ3v) is 7.06. The van der Waals surface area contributed by atoms with E-state index in [0.29, 0.717) is 25.1 Å². The summed E-state index contributed by atoms with van der Waals surface area (Å²) in [7, 11) is -1.22. The molecular formula is C27H38FNO6S. The van der Waals surface area contributed by atoms with Gasteiger partial charge >= 0.3 is 10.1 Å². The van der Waals surface area contributed by atoms with Crippen molar-refractivity contribution in [1.29, 1.82) is 0 Å². The molecule has 9 heteroatoms. The first-order valence-electron chi connectivity index (χ1n) is 12.4. The summed E-state index contributed by atoms with van der Waals surface area (Å²) < 4.78 is 54.4. The maximum Gasteiger partial charge on any atom is 0.339 e. The van der Waals surface area contributed by atoms with E-state index in [1.807, 2.05) is 0 Å². The van der Waals surface area contributed by atoms with Crippen LogP contribution >= 0.6 is 0 Å². The van der Waals surface area contributed by atoms with Gasteiger partial charge in [-0.3, -0.25) is 4.79 Å². The van der Waals surface area contributed by atoms with E-state index < -0.39 is 15.9 Å². The fourth-order valence-corrected chi connectivity index (χ4v) is 4.69. The maximum absolute atomic E-state index is 13.2. The molecule has 0 aliphatic heterocycles. The summed E-state index contributed by atoms with van der Waals surface area (Å²) in [5.41, 5.74) is 0.684. The van der Waals surface area contributed by atoms with Gasteiger partial charge in [0.15, 0.2) is 11.5 Å². The summed E-state index contributed by atoms with van der Waals surface area (Å²) >= 11 is 0. The average Bonchev–Trinajstić information content (AvgIpc) is 2.86. The smallest absolute Gasteiger partial charge is 0.339 e. The maximum atomic E-state index is 13.2. The van der Waals surface area contributed by atoms with Crippen LogP contribution in [-0.4, -0.2) is 46.6 Å². The number of benzene rings is 2. The minimum absolute atomic E-state index is 0.00875. The monoisotopic (exact) mass is 523 g/mol. The van der Waals surface area contributed by atoms with Crippen LogP contribution in [0, 0.1) is 5.82 Å². The number of hydrogen-bond donors (Lipinski definition) is 0. The summed E-state index contributed by atoms with van der Waals surface area (Å²) in [5.74, 6) is -0.309. The van der Waals surface area contributed by atoms with E-state index in [1.165, 1.54) is 32.8 Å². The average molecular weight is 524 g/mol. The second-order valence-electron chi connectivity index (χ2n) is 8.66. The molecular weight excluding hydrogens is 485 g/mol. The predicted molar refractivity (Wildman–Crippen MR) is 137 cm³/mol. The van der Waals surface area contributed by atoms with Gasteiger partial charge in [-0.15, -0.1) is 0 Å². The zero-order chi connectivity index (χ0) is 26.4. The molecule has 0 fully saturated rings. The Labute approximate surface area is 214 Å². The van der Waals surface area contributed by atoms with E-state index in [2.05, 4.69) is 6.92 Å². The number of unbranched alkanes of at least 4 members (excludes halogenated alkanes) is 6. The normalized spacial score (nSPS) is 11.3. The molecule has 2 aromatic rings. The highest BCUT2D eigenvalue weighted by Crippen LogP contribution is 2.31. The lowest BCUT2D eigenvalue weighted by atomic mass is 10.1. The third kappa shape index (κ3) is 9.78. The second kappa shape index (κ2) is 15.5. The Balaban J connectivity index is 2.09. The van der Waals surface area contributed by atoms with Gasteiger partial charge in [-0.25, -0.2) is 4.39 Å². The second-order valence-corrected chi connectivity index (χ2v) is 10.2. The lowest BCUT2D eigenvalue weighted by Gasteiger charge is -2.23. The molecule has 0 spiro atoms. The molecule has 0 aliphatic carbocycles. The van der Waals surface area contributed by atoms with E-state index in [0.717, 1.165) is 43.5 Å². The van der Waals surface area contributed by atoms with Crippen LogP contribution in [0.3, 0.4) is 0 Å². The fourth-order valence-electron chi connectivity index (χ4n) is 3.76. The number of ether oxygens (including phenoxy) is 2. The molecule has 0 aliphatic rings. The number of halogens is 1. The minimum atomic E-state index is -4.21. The van der Waals surface area contributed by atoms with Crippen LogP contribution < -0.4 is 8.92 Å². The van der Waals surface area contributed by atoms with Crippen molar-refractivity contribution in [3.8, 4) is 11.5 Å². The summed E-state index contributed by atoms with van der Waals surface area (Å²) in [6.45, 7) is 3.27. The van der Waals surface area contributed by atoms with Gasteiger partial charge in [-0.2, -0.15) is 8.42 Å². The van der Waals surface area contributed by atoms with Crippen LogP contribution in [0.1, 0.15) is 63.9 Å². The van der Waals surface area contributed by atoms with Crippen molar-refractivity contribution < 1.29 is 31.3 Å². The first kappa shape index (κ1) is 29.6. The summed E-state index contributed by atoms with van der Waals surface area (Å²) in [5, 5.41) is 0. The van der Waals surface area contributed by atoms with Gasteiger partial charge in [0, 0.05) is 26.6 Å². The molecule has 0 heterocycles. The highest BCUT2D eigenvalue weighted by molar-refractivity contribution is 7.87. The molecule has 0 aromatic heterocycles. The van der Waals surface area contributed by atoms with Crippen LogP contribution in [-0.2, 0) is 26.2 Å². The molecule has 0 saturated heterocycles. The van der Waals surface area contributed by atoms with Crippen LogP contribution in [0.2, 0.25) is 0 Å². The van der Waals surface area contributed by atoms with Gasteiger partial charge in [0.1, 0.15) is 10.7 Å². The van der Waals surface area contributed by atoms with Gasteiger partial charge < -0.3 is 18.6 Å². The van der Waals surface area contributed by atoms with E-state index in [-0.39, 0.29) is 28.8 Å². The molecule has 1 amide bonds. The number of amides is 1. The SMILES string of the molecule is CCCCCCCCCC(=O)N(CCOC)Cc1ccc(OC)c(OS(=O)(=O)c2ccc(F)cc2)c1. The van der Waals surface area contributed by atoms with E-state index in [4.69, 9.17) is 13.7 Å². The van der Waals surface area contributed by atoms with Crippen LogP contribution in [0.4, 0.5) is 4.39 Å². The van der Waals surface area contributed by atoms with Gasteiger partial charge in [0.2, 0.25) is 5.91 Å². The Hall–Kier alpha value is -2.65. The Morgan fingerprint density at radius 2 is 1.58 bits per heavy atom. The molecule has 0 atom stereocenters. The van der Waals surface area contributed by atoms with Gasteiger partial charge in [-0.1, -0.05) is 51.5 Å². The standard InChI is InChI=1S/C27H38FNO6S/c1-4-5-6-7-8-9-10-11-27(30)29(18-19-33-2)21-22-12-17-25(34-3)26(20-22)35-36(31,32)24-15-13-23(28)14-16-24/h12-17,20H,4-11,18-19,21H2,1-3H3. The van der Waals surface area contributed by atoms with Crippen molar-refractivity contribution in [1.82, 2.24) is 4.90 Å². The molecule has 0 radical (unpaired) electrons. The number of methoxy groups -OCH3 is 2. The molecule has 200 valence electrons. The van der Waals surface area contributed by atoms with Crippen molar-refractivity contribution in [3.63, 3.8) is 0 Å². The number of carbonyl (C=O) groups excluding carboxylic acids is 1. The molecule has 0 saturated carbocycles. The lowest BCUT2D eigenvalue weighted by molar-refractivity contribution is -0.132. The number of carbonyl (C=O) groups is 1. The van der Waals surface area contributed by atoms with Gasteiger partial charge in [0.25, 0.3) is 0 Å². The first-order valence-corrected chi connectivity index (χ1v) is 13.8. The van der Waals surface area contributed by atoms with Crippen LogP contribution in [0.25, 0.3) is 0 Å². The van der Waals surface area contributed by atoms with Crippen LogP contribution in [0.5, 0.6) is 11.5 Å². The van der Waals surface area contributed by atoms with Crippen molar-refractivity contribution in [2.75, 3.05) is 27.4 Å². The predicted octanol–water partition coefficient (Wildman–Crippen LogP) is 5.72. The molecule has 36 heavy (non-hydrogen) atoms. The van der Waals surface area contributed by atoms with E-state index in [1.54, 1.807) is 30.2 Å². The van der Waals surface area contributed by atoms with Crippen LogP contribution in [0.15, 0.2) is 47.4 Å². The Bertz CT molecular complexity index is 1040. The zero-order valence-corrected chi connectivity index (χ0v) is 22.3. The molecule has 2 aromatic carbocycles. The molecule has 0 bridgehead atoms. The van der Waals surface area contributed by atoms with Gasteiger partial charge in [-0.05, 0) is 48.4 Å². The number of rotatable bonds is 17. The highest BCUT2D eigenvalue weighted by atomic mass is 32.2. The third-order valence-electron chi connectivity index (χ3n) is 5.82. The minimum Gasteiger partial charge on any atom is -0.493 e. The van der Waals surface area contributed by atoms with Crippen molar-refractivity contribution >= 4 is 16.0 Å².